The van der Waals surface area contributed by atoms with Gasteiger partial charge in [-0.05, 0) is 41.8 Å². The first-order valence-electron chi connectivity index (χ1n) is 8.44. The zero-order valence-corrected chi connectivity index (χ0v) is 14.9. The zero-order chi connectivity index (χ0) is 18.7. The number of hydroxylamine groups is 2. The Morgan fingerprint density at radius 2 is 2.08 bits per heavy atom. The van der Waals surface area contributed by atoms with E-state index in [2.05, 4.69) is 4.98 Å². The molecule has 7 nitrogen and oxygen atoms in total. The number of pyridine rings is 1. The van der Waals surface area contributed by atoms with E-state index in [0.717, 1.165) is 23.2 Å². The summed E-state index contributed by atoms with van der Waals surface area (Å²) in [4.78, 5) is 34.8. The highest BCUT2D eigenvalue weighted by Gasteiger charge is 2.21. The summed E-state index contributed by atoms with van der Waals surface area (Å²) in [6.45, 7) is 2.93. The molecule has 1 aliphatic rings. The van der Waals surface area contributed by atoms with Crippen LogP contribution in [0.5, 0.6) is 0 Å². The monoisotopic (exact) mass is 354 g/mol. The van der Waals surface area contributed by atoms with Gasteiger partial charge in [0.25, 0.3) is 5.91 Å². The Kier molecular flexibility index (Phi) is 5.18. The number of hydrogen-bond acceptors (Lipinski definition) is 6. The summed E-state index contributed by atoms with van der Waals surface area (Å²) in [7, 11) is 1.75. The van der Waals surface area contributed by atoms with Crippen molar-refractivity contribution in [3.63, 3.8) is 0 Å². The number of carbonyl (C=O) groups is 2. The zero-order valence-electron chi connectivity index (χ0n) is 14.9. The number of nitrogen functional groups attached to an aromatic ring is 1. The van der Waals surface area contributed by atoms with E-state index in [0.29, 0.717) is 31.0 Å². The first-order chi connectivity index (χ1) is 12.4. The lowest BCUT2D eigenvalue weighted by atomic mass is 9.98. The molecule has 1 aromatic heterocycles. The van der Waals surface area contributed by atoms with Crippen molar-refractivity contribution in [1.29, 1.82) is 0 Å². The second-order valence-corrected chi connectivity index (χ2v) is 6.39. The van der Waals surface area contributed by atoms with Crippen molar-refractivity contribution in [3.8, 4) is 0 Å². The first-order valence-corrected chi connectivity index (χ1v) is 8.44. The van der Waals surface area contributed by atoms with Crippen LogP contribution in [0.2, 0.25) is 0 Å². The molecule has 136 valence electrons. The minimum absolute atomic E-state index is 0.0700. The molecule has 0 atom stereocenters. The standard InChI is InChI=1S/C19H22N4O3/c1-13(24)26-23-9-8-14-10-15(6-7-16(14)11-23)19(25)22(2)12-17-4-3-5-18(20)21-17/h3-7,10H,8-9,11-12H2,1-2H3,(H2,20,21). The van der Waals surface area contributed by atoms with Crippen LogP contribution in [0.1, 0.15) is 34.1 Å². The van der Waals surface area contributed by atoms with Gasteiger partial charge in [0.15, 0.2) is 0 Å². The number of aromatic nitrogens is 1. The highest BCUT2D eigenvalue weighted by Crippen LogP contribution is 2.21. The Morgan fingerprint density at radius 3 is 2.81 bits per heavy atom. The molecule has 0 fully saturated rings. The van der Waals surface area contributed by atoms with Crippen LogP contribution in [0.3, 0.4) is 0 Å². The average molecular weight is 354 g/mol. The Hall–Kier alpha value is -2.93. The van der Waals surface area contributed by atoms with Crippen LogP contribution < -0.4 is 5.73 Å². The number of nitrogens with two attached hydrogens (primary N) is 1. The quantitative estimate of drug-likeness (QED) is 0.900. The second kappa shape index (κ2) is 7.53. The van der Waals surface area contributed by atoms with Crippen molar-refractivity contribution < 1.29 is 14.4 Å². The van der Waals surface area contributed by atoms with Gasteiger partial charge in [0.2, 0.25) is 0 Å². The number of anilines is 1. The largest absolute Gasteiger partial charge is 0.384 e. The van der Waals surface area contributed by atoms with Gasteiger partial charge in [-0.3, -0.25) is 9.59 Å². The molecule has 2 N–H and O–H groups in total. The highest BCUT2D eigenvalue weighted by atomic mass is 16.7. The van der Waals surface area contributed by atoms with Crippen LogP contribution in [0.15, 0.2) is 36.4 Å². The summed E-state index contributed by atoms with van der Waals surface area (Å²) < 4.78 is 0. The fourth-order valence-corrected chi connectivity index (χ4v) is 3.04. The second-order valence-electron chi connectivity index (χ2n) is 6.39. The van der Waals surface area contributed by atoms with Crippen LogP contribution in [-0.4, -0.2) is 40.4 Å². The minimum atomic E-state index is -0.322. The van der Waals surface area contributed by atoms with Gasteiger partial charge in [-0.25, -0.2) is 4.98 Å². The first kappa shape index (κ1) is 17.9. The molecule has 1 amide bonds. The molecule has 1 aliphatic heterocycles. The third kappa shape index (κ3) is 4.18. The van der Waals surface area contributed by atoms with Gasteiger partial charge in [-0.1, -0.05) is 12.1 Å². The number of benzene rings is 1. The van der Waals surface area contributed by atoms with E-state index in [-0.39, 0.29) is 11.9 Å². The molecule has 2 heterocycles. The Labute approximate surface area is 152 Å². The fourth-order valence-electron chi connectivity index (χ4n) is 3.04. The maximum atomic E-state index is 12.7. The van der Waals surface area contributed by atoms with Gasteiger partial charge in [0.1, 0.15) is 5.82 Å². The summed E-state index contributed by atoms with van der Waals surface area (Å²) >= 11 is 0. The van der Waals surface area contributed by atoms with Crippen molar-refractivity contribution >= 4 is 17.7 Å². The maximum absolute atomic E-state index is 12.7. The number of rotatable bonds is 4. The number of carbonyl (C=O) groups excluding carboxylic acids is 2. The third-order valence-electron chi connectivity index (χ3n) is 4.26. The molecule has 0 saturated heterocycles. The molecule has 2 aromatic rings. The molecule has 0 spiro atoms. The van der Waals surface area contributed by atoms with E-state index in [1.807, 2.05) is 30.3 Å². The predicted octanol–water partition coefficient (Wildman–Crippen LogP) is 1.77. The molecule has 0 aliphatic carbocycles. The topological polar surface area (TPSA) is 88.8 Å². The van der Waals surface area contributed by atoms with Crippen LogP contribution in [0.4, 0.5) is 5.82 Å². The van der Waals surface area contributed by atoms with Crippen molar-refractivity contribution in [1.82, 2.24) is 14.9 Å². The Bertz CT molecular complexity index is 837. The predicted molar refractivity (Wildman–Crippen MR) is 96.8 cm³/mol. The molecule has 0 saturated carbocycles. The normalized spacial score (nSPS) is 13.8. The van der Waals surface area contributed by atoms with Crippen LogP contribution >= 0.6 is 0 Å². The van der Waals surface area contributed by atoms with Gasteiger partial charge in [-0.15, -0.1) is 5.06 Å². The van der Waals surface area contributed by atoms with Crippen LogP contribution in [0, 0.1) is 0 Å². The highest BCUT2D eigenvalue weighted by molar-refractivity contribution is 5.94. The van der Waals surface area contributed by atoms with Gasteiger partial charge in [0, 0.05) is 26.1 Å². The number of hydrogen-bond donors (Lipinski definition) is 1. The lowest BCUT2D eigenvalue weighted by Crippen LogP contribution is -2.32. The van der Waals surface area contributed by atoms with Gasteiger partial charge in [0.05, 0.1) is 18.8 Å². The maximum Gasteiger partial charge on any atom is 0.322 e. The van der Waals surface area contributed by atoms with Gasteiger partial charge >= 0.3 is 5.97 Å². The van der Waals surface area contributed by atoms with Crippen LogP contribution in [-0.2, 0) is 29.1 Å². The van der Waals surface area contributed by atoms with Crippen molar-refractivity contribution in [2.45, 2.75) is 26.4 Å². The lowest BCUT2D eigenvalue weighted by molar-refractivity contribution is -0.192. The lowest BCUT2D eigenvalue weighted by Gasteiger charge is -2.27. The van der Waals surface area contributed by atoms with E-state index in [1.165, 1.54) is 6.92 Å². The van der Waals surface area contributed by atoms with E-state index in [9.17, 15) is 9.59 Å². The van der Waals surface area contributed by atoms with Crippen molar-refractivity contribution in [3.05, 3.63) is 58.8 Å². The summed E-state index contributed by atoms with van der Waals surface area (Å²) in [6, 6.07) is 11.0. The van der Waals surface area contributed by atoms with Crippen LogP contribution in [0.25, 0.3) is 0 Å². The van der Waals surface area contributed by atoms with E-state index < -0.39 is 0 Å². The SMILES string of the molecule is CC(=O)ON1CCc2cc(C(=O)N(C)Cc3cccc(N)n3)ccc2C1. The summed E-state index contributed by atoms with van der Waals surface area (Å²) in [5.74, 6) is 0.0472. The average Bonchev–Trinajstić information content (AvgIpc) is 2.60. The molecular weight excluding hydrogens is 332 g/mol. The summed E-state index contributed by atoms with van der Waals surface area (Å²) in [6.07, 6.45) is 0.726. The Morgan fingerprint density at radius 1 is 1.27 bits per heavy atom. The summed E-state index contributed by atoms with van der Waals surface area (Å²) in [5, 5.41) is 1.64. The summed E-state index contributed by atoms with van der Waals surface area (Å²) in [5.41, 5.74) is 9.24. The van der Waals surface area contributed by atoms with Gasteiger partial charge in [-0.2, -0.15) is 0 Å². The number of fused-ring (bicyclic) bond motifs is 1. The number of amides is 1. The fraction of sp³-hybridized carbons (Fsp3) is 0.316. The molecule has 3 rings (SSSR count). The minimum Gasteiger partial charge on any atom is -0.384 e. The smallest absolute Gasteiger partial charge is 0.322 e. The molecule has 0 bridgehead atoms. The van der Waals surface area contributed by atoms with E-state index in [1.54, 1.807) is 23.1 Å². The molecular formula is C19H22N4O3. The van der Waals surface area contributed by atoms with Gasteiger partial charge < -0.3 is 15.5 Å². The van der Waals surface area contributed by atoms with E-state index in [4.69, 9.17) is 10.6 Å². The molecule has 7 heteroatoms. The molecule has 26 heavy (non-hydrogen) atoms. The molecule has 0 radical (unpaired) electrons. The van der Waals surface area contributed by atoms with Crippen molar-refractivity contribution in [2.24, 2.45) is 0 Å². The Balaban J connectivity index is 1.70. The molecule has 0 unspecified atom stereocenters. The number of nitrogens with zero attached hydrogens (tertiary/aromatic N) is 3. The molecule has 1 aromatic carbocycles. The van der Waals surface area contributed by atoms with Crippen molar-refractivity contribution in [2.75, 3.05) is 19.3 Å². The van der Waals surface area contributed by atoms with E-state index >= 15 is 0 Å². The third-order valence-corrected chi connectivity index (χ3v) is 4.26.